The molecule has 12 N–H and O–H groups in total. The van der Waals surface area contributed by atoms with Crippen molar-refractivity contribution in [2.24, 2.45) is 39.6 Å². The molecule has 2 aromatic rings. The Kier molecular flexibility index (Phi) is 8.76. The van der Waals surface area contributed by atoms with Crippen LogP contribution in [0.15, 0.2) is 65.5 Å². The average molecular weight is 608 g/mol. The van der Waals surface area contributed by atoms with Crippen molar-refractivity contribution in [1.29, 1.82) is 0 Å². The molecular formula is C31H46N8O4. The van der Waals surface area contributed by atoms with Gasteiger partial charge < -0.3 is 39.3 Å². The monoisotopic (exact) mass is 607 g/mol. The molecule has 4 atom stereocenters. The lowest BCUT2D eigenvalue weighted by molar-refractivity contribution is -0.133. The lowest BCUT2D eigenvalue weighted by Gasteiger charge is -2.24. The summed E-state index contributed by atoms with van der Waals surface area (Å²) in [5, 5.41) is 4.07. The van der Waals surface area contributed by atoms with Crippen LogP contribution in [0.1, 0.15) is 67.4 Å². The number of nitrogens with one attached hydrogen (secondary N) is 2. The summed E-state index contributed by atoms with van der Waals surface area (Å²) < 4.78 is 109. The van der Waals surface area contributed by atoms with Gasteiger partial charge in [-0.05, 0) is 62.5 Å². The maximum Gasteiger partial charge on any atom is 0.239 e. The summed E-state index contributed by atoms with van der Waals surface area (Å²) >= 11 is 0. The third kappa shape index (κ3) is 13.5. The number of nitrogens with zero attached hydrogens (tertiary/aromatic N) is 1. The Morgan fingerprint density at radius 3 is 2.26 bits per heavy atom. The average Bonchev–Trinajstić information content (AvgIpc) is 3.10. The molecule has 0 spiro atoms. The zero-order chi connectivity index (χ0) is 43.2. The molecule has 12 heteroatoms. The number of guanidine groups is 1. The van der Waals surface area contributed by atoms with Gasteiger partial charge in [0.25, 0.3) is 0 Å². The van der Waals surface area contributed by atoms with E-state index >= 15 is 0 Å². The number of amides is 3. The molecule has 234 valence electrons. The van der Waals surface area contributed by atoms with Crippen LogP contribution in [-0.4, -0.2) is 60.7 Å². The lowest BCUT2D eigenvalue weighted by atomic mass is 9.89. The second-order valence-electron chi connectivity index (χ2n) is 9.08. The van der Waals surface area contributed by atoms with E-state index in [0.717, 1.165) is 0 Å². The first-order valence-corrected chi connectivity index (χ1v) is 13.2. The Morgan fingerprint density at radius 2 is 1.63 bits per heavy atom. The molecule has 0 fully saturated rings. The van der Waals surface area contributed by atoms with E-state index in [9.17, 15) is 20.5 Å². The van der Waals surface area contributed by atoms with Crippen molar-refractivity contribution < 1.29 is 37.0 Å². The van der Waals surface area contributed by atoms with Crippen molar-refractivity contribution >= 4 is 29.5 Å². The van der Waals surface area contributed by atoms with Crippen LogP contribution in [0.2, 0.25) is 0 Å². The fourth-order valence-corrected chi connectivity index (χ4v) is 3.63. The molecule has 0 aliphatic rings. The van der Waals surface area contributed by atoms with Crippen molar-refractivity contribution in [3.05, 3.63) is 71.7 Å². The first kappa shape index (κ1) is 19.8. The zero-order valence-electron chi connectivity index (χ0n) is 36.5. The molecular weight excluding hydrogens is 548 g/mol. The van der Waals surface area contributed by atoms with Gasteiger partial charge in [-0.2, -0.15) is 0 Å². The Hall–Kier alpha value is -4.29. The van der Waals surface area contributed by atoms with E-state index in [2.05, 4.69) is 10.3 Å². The van der Waals surface area contributed by atoms with E-state index in [-0.39, 0.29) is 31.8 Å². The van der Waals surface area contributed by atoms with Crippen LogP contribution in [0.5, 0.6) is 0 Å². The summed E-state index contributed by atoms with van der Waals surface area (Å²) in [6, 6.07) is -3.33. The van der Waals surface area contributed by atoms with Crippen LogP contribution < -0.4 is 39.3 Å². The molecule has 0 aromatic heterocycles. The molecule has 0 bridgehead atoms. The number of hydrogen-bond donors (Lipinski definition) is 7. The van der Waals surface area contributed by atoms with Crippen LogP contribution >= 0.6 is 0 Å². The van der Waals surface area contributed by atoms with Gasteiger partial charge in [0.2, 0.25) is 17.7 Å². The van der Waals surface area contributed by atoms with E-state index in [0.29, 0.717) is 5.56 Å². The highest BCUT2D eigenvalue weighted by Gasteiger charge is 2.30. The second kappa shape index (κ2) is 19.0. The van der Waals surface area contributed by atoms with E-state index in [1.165, 1.54) is 0 Å². The second-order valence-corrected chi connectivity index (χ2v) is 9.08. The smallest absolute Gasteiger partial charge is 0.239 e. The normalized spacial score (nSPS) is 20.5. The maximum absolute atomic E-state index is 14.2. The minimum Gasteiger partial charge on any atom is -0.370 e. The van der Waals surface area contributed by atoms with Crippen molar-refractivity contribution in [3.63, 3.8) is 0 Å². The molecule has 0 unspecified atom stereocenters. The lowest BCUT2D eigenvalue weighted by Crippen LogP contribution is -2.51. The minimum absolute atomic E-state index is 0.00133. The summed E-state index contributed by atoms with van der Waals surface area (Å²) in [5.41, 5.74) is 26.9. The van der Waals surface area contributed by atoms with Gasteiger partial charge in [-0.1, -0.05) is 60.5 Å². The number of carbonyl (C=O) groups is 4. The van der Waals surface area contributed by atoms with Gasteiger partial charge in [0.15, 0.2) is 11.7 Å². The van der Waals surface area contributed by atoms with Gasteiger partial charge in [-0.15, -0.1) is 0 Å². The summed E-state index contributed by atoms with van der Waals surface area (Å²) in [6.45, 7) is -1.06. The molecule has 0 aliphatic heterocycles. The largest absolute Gasteiger partial charge is 0.370 e. The topological polar surface area (TPSA) is 235 Å². The first-order valence-electron chi connectivity index (χ1n) is 19.7. The first-order chi connectivity index (χ1) is 25.6. The number of primary amides is 1. The van der Waals surface area contributed by atoms with Gasteiger partial charge in [-0.25, -0.2) is 0 Å². The fourth-order valence-electron chi connectivity index (χ4n) is 3.63. The quantitative estimate of drug-likeness (QED) is 0.0613. The Labute approximate surface area is 271 Å². The molecule has 3 amide bonds. The van der Waals surface area contributed by atoms with Crippen molar-refractivity contribution in [2.45, 2.75) is 69.3 Å². The summed E-state index contributed by atoms with van der Waals surface area (Å²) in [4.78, 5) is 58.1. The molecule has 0 aliphatic carbocycles. The fraction of sp³-hybridized carbons (Fsp3) is 0.452. The minimum atomic E-state index is -3.78. The van der Waals surface area contributed by atoms with Gasteiger partial charge >= 0.3 is 0 Å². The Morgan fingerprint density at radius 1 is 0.930 bits per heavy atom. The molecule has 43 heavy (non-hydrogen) atoms. The van der Waals surface area contributed by atoms with Gasteiger partial charge in [0, 0.05) is 28.5 Å². The zero-order valence-corrected chi connectivity index (χ0v) is 23.5. The number of carbonyl (C=O) groups excluding carboxylic acids is 4. The Balaban J connectivity index is 2.78. The molecule has 0 saturated heterocycles. The SMILES string of the molecule is [2H]c1c([2H])c([2H])c(C([2H])([2H])[C@]([2H])(CC(=O)[C@@H](CCCN=C(N)N)NC(=O)[C@@H](N)Cc2ccccc2)C(=O)N[C@@]([2H])(CC([2H])([2H])C([2H])([2H])CN)C(N)=O)c([2H])c1[2H]. The highest BCUT2D eigenvalue weighted by molar-refractivity contribution is 5.94. The molecule has 2 aromatic carbocycles. The predicted octanol–water partition coefficient (Wildman–Crippen LogP) is 0.0120. The molecule has 12 nitrogen and oxygen atoms in total. The van der Waals surface area contributed by atoms with Crippen LogP contribution in [-0.2, 0) is 32.0 Å². The summed E-state index contributed by atoms with van der Waals surface area (Å²) in [7, 11) is 0. The number of ketones is 1. The number of aliphatic imine (C=N–C) groups is 1. The number of rotatable bonds is 20. The molecule has 0 radical (unpaired) electrons. The van der Waals surface area contributed by atoms with E-state index in [1.807, 2.05) is 0 Å². The van der Waals surface area contributed by atoms with Crippen molar-refractivity contribution in [3.8, 4) is 0 Å². The molecule has 0 saturated carbocycles. The third-order valence-corrected chi connectivity index (χ3v) is 5.74. The highest BCUT2D eigenvalue weighted by atomic mass is 16.2. The maximum atomic E-state index is 14.2. The van der Waals surface area contributed by atoms with E-state index in [1.54, 1.807) is 35.6 Å². The number of nitrogens with two attached hydrogens (primary N) is 5. The van der Waals surface area contributed by atoms with E-state index in [4.69, 9.17) is 45.1 Å². The molecule has 0 heterocycles. The predicted molar refractivity (Wildman–Crippen MR) is 167 cm³/mol. The van der Waals surface area contributed by atoms with Crippen LogP contribution in [0.25, 0.3) is 0 Å². The Bertz CT molecular complexity index is 1790. The third-order valence-electron chi connectivity index (χ3n) is 5.74. The van der Waals surface area contributed by atoms with Crippen LogP contribution in [0.3, 0.4) is 0 Å². The van der Waals surface area contributed by atoms with Crippen molar-refractivity contribution in [1.82, 2.24) is 10.6 Å². The van der Waals surface area contributed by atoms with Gasteiger partial charge in [0.1, 0.15) is 6.02 Å². The van der Waals surface area contributed by atoms with Gasteiger partial charge in [-0.3, -0.25) is 24.2 Å². The summed E-state index contributed by atoms with van der Waals surface area (Å²) in [6.07, 6.45) is -13.3. The van der Waals surface area contributed by atoms with Crippen LogP contribution in [0, 0.1) is 5.89 Å². The molecule has 2 rings (SSSR count). The standard InChI is InChI=1S/C31H46N8O4/c32-16-8-7-14-26(28(34)41)39-29(42)23(18-21-10-3-1-4-11-21)20-27(40)25(15-9-17-37-31(35)36)38-30(43)24(33)19-22-12-5-2-6-13-22/h1-6,10-13,23-26H,7-9,14-20,32-33H2,(H2,34,41)(H,38,43)(H,39,42)(H4,35,36,37)/t23-,24+,25-,26+/m1/s1/i1D,3D,4D,7D2,8D2,10D,11D,18D2,23D,26D. The van der Waals surface area contributed by atoms with Crippen LogP contribution in [0.4, 0.5) is 0 Å². The van der Waals surface area contributed by atoms with Gasteiger partial charge in [0.05, 0.1) is 20.3 Å². The van der Waals surface area contributed by atoms with Crippen molar-refractivity contribution in [2.75, 3.05) is 13.1 Å². The summed E-state index contributed by atoms with van der Waals surface area (Å²) in [5.74, 6) is -10.00. The number of hydrogen-bond acceptors (Lipinski definition) is 7. The number of benzene rings is 2. The number of Topliss-reactive ketones (excluding diaryl/α,β-unsaturated/α-hetero) is 1. The van der Waals surface area contributed by atoms with E-state index < -0.39 is 122 Å². The highest BCUT2D eigenvalue weighted by Crippen LogP contribution is 2.17.